The van der Waals surface area contributed by atoms with Gasteiger partial charge in [-0.15, -0.1) is 12.4 Å². The summed E-state index contributed by atoms with van der Waals surface area (Å²) < 4.78 is 0. The molecule has 0 aromatic heterocycles. The molecule has 0 aliphatic carbocycles. The minimum Gasteiger partial charge on any atom is -0.340 e. The predicted molar refractivity (Wildman–Crippen MR) is 95.8 cm³/mol. The van der Waals surface area contributed by atoms with Crippen molar-refractivity contribution in [1.82, 2.24) is 15.1 Å². The van der Waals surface area contributed by atoms with Gasteiger partial charge in [-0.2, -0.15) is 0 Å². The Bertz CT molecular complexity index is 498. The molecule has 0 saturated carbocycles. The van der Waals surface area contributed by atoms with Crippen molar-refractivity contribution < 1.29 is 4.79 Å². The van der Waals surface area contributed by atoms with Crippen LogP contribution in [0.2, 0.25) is 0 Å². The lowest BCUT2D eigenvalue weighted by molar-refractivity contribution is -0.132. The summed E-state index contributed by atoms with van der Waals surface area (Å²) in [4.78, 5) is 16.5. The van der Waals surface area contributed by atoms with Gasteiger partial charge in [0.2, 0.25) is 5.91 Å². The van der Waals surface area contributed by atoms with Crippen LogP contribution in [0.3, 0.4) is 0 Å². The predicted octanol–water partition coefficient (Wildman–Crippen LogP) is 2.28. The number of piperidine rings is 1. The first kappa shape index (κ1) is 18.2. The average molecular weight is 338 g/mol. The summed E-state index contributed by atoms with van der Waals surface area (Å²) in [7, 11) is 4.00. The zero-order valence-corrected chi connectivity index (χ0v) is 14.9. The number of nitrogens with zero attached hydrogens (tertiary/aromatic N) is 2. The van der Waals surface area contributed by atoms with Crippen LogP contribution in [0.15, 0.2) is 30.3 Å². The highest BCUT2D eigenvalue weighted by atomic mass is 35.5. The molecule has 1 aromatic rings. The van der Waals surface area contributed by atoms with Crippen LogP contribution >= 0.6 is 12.4 Å². The molecule has 2 saturated heterocycles. The molecule has 0 radical (unpaired) electrons. The third-order valence-corrected chi connectivity index (χ3v) is 5.14. The first-order valence-corrected chi connectivity index (χ1v) is 8.36. The Morgan fingerprint density at radius 3 is 2.35 bits per heavy atom. The summed E-state index contributed by atoms with van der Waals surface area (Å²) in [5.41, 5.74) is 1.18. The highest BCUT2D eigenvalue weighted by Crippen LogP contribution is 2.29. The van der Waals surface area contributed by atoms with Crippen molar-refractivity contribution in [3.63, 3.8) is 0 Å². The molecule has 2 bridgehead atoms. The van der Waals surface area contributed by atoms with Gasteiger partial charge in [-0.05, 0) is 38.3 Å². The smallest absolute Gasteiger partial charge is 0.236 e. The molecule has 1 aromatic carbocycles. The van der Waals surface area contributed by atoms with Gasteiger partial charge in [0.25, 0.3) is 0 Å². The van der Waals surface area contributed by atoms with E-state index < -0.39 is 0 Å². The molecule has 2 fully saturated rings. The van der Waals surface area contributed by atoms with Gasteiger partial charge in [-0.25, -0.2) is 0 Å². The van der Waals surface area contributed by atoms with E-state index in [1.807, 2.05) is 30.1 Å². The molecule has 4 nitrogen and oxygen atoms in total. The average Bonchev–Trinajstić information content (AvgIpc) is 2.86. The molecule has 0 spiro atoms. The number of halogens is 1. The lowest BCUT2D eigenvalue weighted by Crippen LogP contribution is -2.49. The van der Waals surface area contributed by atoms with E-state index >= 15 is 0 Å². The van der Waals surface area contributed by atoms with Gasteiger partial charge >= 0.3 is 0 Å². The molecule has 2 unspecified atom stereocenters. The second kappa shape index (κ2) is 8.13. The van der Waals surface area contributed by atoms with Crippen molar-refractivity contribution in [2.45, 2.75) is 50.4 Å². The molecule has 1 N–H and O–H groups in total. The highest BCUT2D eigenvalue weighted by molar-refractivity contribution is 5.85. The fourth-order valence-electron chi connectivity index (χ4n) is 3.80. The zero-order chi connectivity index (χ0) is 15.5. The summed E-state index contributed by atoms with van der Waals surface area (Å²) in [6, 6.07) is 12.1. The lowest BCUT2D eigenvalue weighted by Gasteiger charge is -2.35. The van der Waals surface area contributed by atoms with E-state index in [4.69, 9.17) is 0 Å². The monoisotopic (exact) mass is 337 g/mol. The zero-order valence-electron chi connectivity index (χ0n) is 14.1. The number of hydrogen-bond acceptors (Lipinski definition) is 3. The maximum absolute atomic E-state index is 12.4. The van der Waals surface area contributed by atoms with Crippen molar-refractivity contribution in [1.29, 1.82) is 0 Å². The van der Waals surface area contributed by atoms with E-state index in [1.54, 1.807) is 0 Å². The maximum atomic E-state index is 12.4. The van der Waals surface area contributed by atoms with E-state index in [2.05, 4.69) is 29.4 Å². The molecular formula is C18H28ClN3O. The topological polar surface area (TPSA) is 35.6 Å². The van der Waals surface area contributed by atoms with Crippen LogP contribution in [0, 0.1) is 0 Å². The Morgan fingerprint density at radius 1 is 1.13 bits per heavy atom. The van der Waals surface area contributed by atoms with Gasteiger partial charge in [0.05, 0.1) is 6.54 Å². The van der Waals surface area contributed by atoms with Gasteiger partial charge in [-0.1, -0.05) is 30.3 Å². The number of carbonyl (C=O) groups excluding carboxylic acids is 1. The Morgan fingerprint density at radius 2 is 1.74 bits per heavy atom. The summed E-state index contributed by atoms with van der Waals surface area (Å²) in [6.07, 6.45) is 4.97. The number of hydrogen-bond donors (Lipinski definition) is 1. The SMILES string of the molecule is CN(Cc1ccccc1)C(=O)CN(C)C1CC2CCC(C1)N2.Cl. The molecule has 3 rings (SSSR count). The Labute approximate surface area is 145 Å². The van der Waals surface area contributed by atoms with Crippen LogP contribution < -0.4 is 5.32 Å². The summed E-state index contributed by atoms with van der Waals surface area (Å²) in [5.74, 6) is 0.206. The number of rotatable bonds is 5. The van der Waals surface area contributed by atoms with Crippen molar-refractivity contribution in [2.75, 3.05) is 20.6 Å². The third kappa shape index (κ3) is 4.69. The largest absolute Gasteiger partial charge is 0.340 e. The number of likely N-dealkylation sites (N-methyl/N-ethyl adjacent to an activating group) is 2. The summed E-state index contributed by atoms with van der Waals surface area (Å²) in [5, 5.41) is 3.66. The lowest BCUT2D eigenvalue weighted by atomic mass is 9.98. The third-order valence-electron chi connectivity index (χ3n) is 5.14. The number of carbonyl (C=O) groups is 1. The van der Waals surface area contributed by atoms with Crippen LogP contribution in [0.5, 0.6) is 0 Å². The number of amides is 1. The summed E-state index contributed by atoms with van der Waals surface area (Å²) >= 11 is 0. The van der Waals surface area contributed by atoms with Crippen LogP contribution in [-0.4, -0.2) is 54.5 Å². The van der Waals surface area contributed by atoms with E-state index in [-0.39, 0.29) is 18.3 Å². The fraction of sp³-hybridized carbons (Fsp3) is 0.611. The van der Waals surface area contributed by atoms with Gasteiger partial charge in [0.15, 0.2) is 0 Å². The van der Waals surface area contributed by atoms with Gasteiger partial charge < -0.3 is 10.2 Å². The van der Waals surface area contributed by atoms with Crippen LogP contribution in [0.4, 0.5) is 0 Å². The first-order valence-electron chi connectivity index (χ1n) is 8.36. The molecule has 2 aliphatic heterocycles. The molecule has 2 aliphatic rings. The van der Waals surface area contributed by atoms with E-state index in [0.717, 1.165) is 0 Å². The minimum absolute atomic E-state index is 0. The number of benzene rings is 1. The van der Waals surface area contributed by atoms with Gasteiger partial charge in [0.1, 0.15) is 0 Å². The van der Waals surface area contributed by atoms with Gasteiger partial charge in [-0.3, -0.25) is 9.69 Å². The number of fused-ring (bicyclic) bond motifs is 2. The molecule has 2 heterocycles. The van der Waals surface area contributed by atoms with E-state index in [0.29, 0.717) is 31.2 Å². The first-order chi connectivity index (χ1) is 10.6. The molecule has 23 heavy (non-hydrogen) atoms. The molecule has 5 heteroatoms. The Balaban J connectivity index is 0.00000192. The Kier molecular flexibility index (Phi) is 6.45. The van der Waals surface area contributed by atoms with Crippen molar-refractivity contribution in [2.24, 2.45) is 0 Å². The maximum Gasteiger partial charge on any atom is 0.236 e. The standard InChI is InChI=1S/C18H27N3O.ClH/c1-20(17-10-15-8-9-16(11-17)19-15)13-18(22)21(2)12-14-6-4-3-5-7-14;/h3-7,15-17,19H,8-13H2,1-2H3;1H. The van der Waals surface area contributed by atoms with Crippen LogP contribution in [-0.2, 0) is 11.3 Å². The van der Waals surface area contributed by atoms with E-state index in [9.17, 15) is 4.79 Å². The van der Waals surface area contributed by atoms with Crippen molar-refractivity contribution >= 4 is 18.3 Å². The molecular weight excluding hydrogens is 310 g/mol. The van der Waals surface area contributed by atoms with Crippen molar-refractivity contribution in [3.05, 3.63) is 35.9 Å². The van der Waals surface area contributed by atoms with E-state index in [1.165, 1.54) is 31.2 Å². The second-order valence-corrected chi connectivity index (χ2v) is 6.91. The fourth-order valence-corrected chi connectivity index (χ4v) is 3.80. The van der Waals surface area contributed by atoms with Crippen molar-refractivity contribution in [3.8, 4) is 0 Å². The normalized spacial score (nSPS) is 26.0. The molecule has 2 atom stereocenters. The number of nitrogens with one attached hydrogen (secondary N) is 1. The molecule has 128 valence electrons. The van der Waals surface area contributed by atoms with Crippen LogP contribution in [0.25, 0.3) is 0 Å². The Hall–Kier alpha value is -1.10. The minimum atomic E-state index is 0. The highest BCUT2D eigenvalue weighted by Gasteiger charge is 2.35. The second-order valence-electron chi connectivity index (χ2n) is 6.91. The van der Waals surface area contributed by atoms with Gasteiger partial charge in [0, 0.05) is 31.7 Å². The molecule has 1 amide bonds. The summed E-state index contributed by atoms with van der Waals surface area (Å²) in [6.45, 7) is 1.21. The quantitative estimate of drug-likeness (QED) is 0.895. The van der Waals surface area contributed by atoms with Crippen LogP contribution in [0.1, 0.15) is 31.2 Å².